The van der Waals surface area contributed by atoms with Gasteiger partial charge in [0.1, 0.15) is 12.4 Å². The summed E-state index contributed by atoms with van der Waals surface area (Å²) in [7, 11) is 1.58. The fourth-order valence-electron chi connectivity index (χ4n) is 2.39. The number of rotatable bonds is 5. The molecule has 3 rings (SSSR count). The lowest BCUT2D eigenvalue weighted by Crippen LogP contribution is -2.31. The molecule has 0 aromatic heterocycles. The predicted octanol–water partition coefficient (Wildman–Crippen LogP) is 3.89. The number of benzene rings is 2. The minimum Gasteiger partial charge on any atom is -0.497 e. The molecule has 1 amide bonds. The summed E-state index contributed by atoms with van der Waals surface area (Å²) in [5.41, 5.74) is 1.50. The molecule has 0 bridgehead atoms. The maximum atomic E-state index is 12.2. The van der Waals surface area contributed by atoms with Crippen LogP contribution in [0.4, 0.5) is 5.69 Å². The Morgan fingerprint density at radius 1 is 1.28 bits per heavy atom. The predicted molar refractivity (Wildman–Crippen MR) is 97.1 cm³/mol. The van der Waals surface area contributed by atoms with Crippen LogP contribution < -0.4 is 10.1 Å². The van der Waals surface area contributed by atoms with Crippen molar-refractivity contribution in [2.75, 3.05) is 12.4 Å². The van der Waals surface area contributed by atoms with E-state index in [0.29, 0.717) is 16.5 Å². The van der Waals surface area contributed by atoms with Crippen molar-refractivity contribution in [2.24, 2.45) is 0 Å². The maximum absolute atomic E-state index is 12.2. The van der Waals surface area contributed by atoms with Crippen LogP contribution >= 0.6 is 23.4 Å². The molecule has 1 atom stereocenters. The van der Waals surface area contributed by atoms with E-state index in [0.717, 1.165) is 10.5 Å². The monoisotopic (exact) mass is 377 g/mol. The van der Waals surface area contributed by atoms with Gasteiger partial charge in [0.05, 0.1) is 24.5 Å². The molecular formula is C18H16ClNO4S. The molecule has 2 aromatic rings. The lowest BCUT2D eigenvalue weighted by molar-refractivity contribution is -0.145. The van der Waals surface area contributed by atoms with Crippen LogP contribution in [0.2, 0.25) is 5.02 Å². The molecule has 7 heteroatoms. The zero-order chi connectivity index (χ0) is 17.8. The highest BCUT2D eigenvalue weighted by Crippen LogP contribution is 2.38. The van der Waals surface area contributed by atoms with Gasteiger partial charge in [0, 0.05) is 9.92 Å². The Hall–Kier alpha value is -2.18. The molecule has 130 valence electrons. The molecule has 25 heavy (non-hydrogen) atoms. The van der Waals surface area contributed by atoms with E-state index in [1.165, 1.54) is 11.8 Å². The summed E-state index contributed by atoms with van der Waals surface area (Å²) in [6.07, 6.45) is 0.00251. The number of carbonyl (C=O) groups excluding carboxylic acids is 2. The van der Waals surface area contributed by atoms with Crippen molar-refractivity contribution >= 4 is 40.9 Å². The number of thioether (sulfide) groups is 1. The third kappa shape index (κ3) is 4.46. The lowest BCUT2D eigenvalue weighted by Gasteiger charge is -2.23. The van der Waals surface area contributed by atoms with Crippen LogP contribution in [0.25, 0.3) is 0 Å². The van der Waals surface area contributed by atoms with Crippen LogP contribution in [0, 0.1) is 0 Å². The fourth-order valence-corrected chi connectivity index (χ4v) is 3.64. The van der Waals surface area contributed by atoms with Crippen molar-refractivity contribution < 1.29 is 19.1 Å². The SMILES string of the molecule is COc1cccc(COC(=O)CC2Sc3ccc(Cl)cc3NC2=O)c1. The summed E-state index contributed by atoms with van der Waals surface area (Å²) < 4.78 is 10.4. The molecule has 0 radical (unpaired) electrons. The van der Waals surface area contributed by atoms with E-state index in [9.17, 15) is 9.59 Å². The number of carbonyl (C=O) groups is 2. The number of methoxy groups -OCH3 is 1. The van der Waals surface area contributed by atoms with E-state index in [-0.39, 0.29) is 18.9 Å². The first kappa shape index (κ1) is 17.6. The molecule has 0 saturated carbocycles. The van der Waals surface area contributed by atoms with Gasteiger partial charge in [0.15, 0.2) is 0 Å². The number of nitrogens with one attached hydrogen (secondary N) is 1. The number of fused-ring (bicyclic) bond motifs is 1. The van der Waals surface area contributed by atoms with Gasteiger partial charge in [-0.2, -0.15) is 0 Å². The van der Waals surface area contributed by atoms with Gasteiger partial charge in [0.25, 0.3) is 0 Å². The van der Waals surface area contributed by atoms with E-state index in [4.69, 9.17) is 21.1 Å². The van der Waals surface area contributed by atoms with Crippen molar-refractivity contribution in [1.29, 1.82) is 0 Å². The van der Waals surface area contributed by atoms with Crippen molar-refractivity contribution in [3.05, 3.63) is 53.1 Å². The Bertz CT molecular complexity index is 811. The molecule has 1 N–H and O–H groups in total. The van der Waals surface area contributed by atoms with Gasteiger partial charge in [-0.25, -0.2) is 0 Å². The molecule has 1 unspecified atom stereocenters. The second kappa shape index (κ2) is 7.80. The first-order chi connectivity index (χ1) is 12.0. The Morgan fingerprint density at radius 2 is 2.12 bits per heavy atom. The molecule has 5 nitrogen and oxygen atoms in total. The molecule has 0 fully saturated rings. The lowest BCUT2D eigenvalue weighted by atomic mass is 10.2. The third-order valence-corrected chi connectivity index (χ3v) is 5.16. The summed E-state index contributed by atoms with van der Waals surface area (Å²) in [5, 5.41) is 2.81. The molecule has 0 saturated heterocycles. The van der Waals surface area contributed by atoms with E-state index in [1.54, 1.807) is 25.3 Å². The van der Waals surface area contributed by atoms with E-state index in [2.05, 4.69) is 5.32 Å². The fraction of sp³-hybridized carbons (Fsp3) is 0.222. The first-order valence-corrected chi connectivity index (χ1v) is 8.86. The van der Waals surface area contributed by atoms with Gasteiger partial charge in [-0.1, -0.05) is 23.7 Å². The Morgan fingerprint density at radius 3 is 2.92 bits per heavy atom. The molecule has 0 aliphatic carbocycles. The minimum atomic E-state index is -0.522. The van der Waals surface area contributed by atoms with Crippen molar-refractivity contribution in [1.82, 2.24) is 0 Å². The number of ether oxygens (including phenoxy) is 2. The Labute approximate surface area is 154 Å². The number of halogens is 1. The average molecular weight is 378 g/mol. The van der Waals surface area contributed by atoms with Gasteiger partial charge in [-0.05, 0) is 35.9 Å². The summed E-state index contributed by atoms with van der Waals surface area (Å²) in [6.45, 7) is 0.140. The largest absolute Gasteiger partial charge is 0.497 e. The topological polar surface area (TPSA) is 64.6 Å². The summed E-state index contributed by atoms with van der Waals surface area (Å²) in [6, 6.07) is 12.6. The molecule has 0 spiro atoms. The van der Waals surface area contributed by atoms with Crippen LogP contribution in [0.3, 0.4) is 0 Å². The number of anilines is 1. The van der Waals surface area contributed by atoms with Gasteiger partial charge in [-0.3, -0.25) is 9.59 Å². The number of amides is 1. The third-order valence-electron chi connectivity index (χ3n) is 3.65. The average Bonchev–Trinajstić information content (AvgIpc) is 2.61. The zero-order valence-electron chi connectivity index (χ0n) is 13.5. The van der Waals surface area contributed by atoms with Gasteiger partial charge < -0.3 is 14.8 Å². The van der Waals surface area contributed by atoms with E-state index >= 15 is 0 Å². The first-order valence-electron chi connectivity index (χ1n) is 7.61. The molecule has 1 aliphatic heterocycles. The normalized spacial score (nSPS) is 15.9. The summed E-state index contributed by atoms with van der Waals surface area (Å²) in [5.74, 6) is 0.0528. The highest BCUT2D eigenvalue weighted by Gasteiger charge is 2.29. The second-order valence-corrected chi connectivity index (χ2v) is 7.13. The highest BCUT2D eigenvalue weighted by molar-refractivity contribution is 8.01. The summed E-state index contributed by atoms with van der Waals surface area (Å²) in [4.78, 5) is 25.1. The van der Waals surface area contributed by atoms with Gasteiger partial charge >= 0.3 is 5.97 Å². The van der Waals surface area contributed by atoms with Crippen LogP contribution in [0.5, 0.6) is 5.75 Å². The van der Waals surface area contributed by atoms with E-state index in [1.807, 2.05) is 24.3 Å². The smallest absolute Gasteiger partial charge is 0.307 e. The molecule has 1 aliphatic rings. The minimum absolute atomic E-state index is 0.00251. The van der Waals surface area contributed by atoms with Gasteiger partial charge in [-0.15, -0.1) is 11.8 Å². The number of hydrogen-bond donors (Lipinski definition) is 1. The van der Waals surface area contributed by atoms with Crippen LogP contribution in [-0.4, -0.2) is 24.2 Å². The van der Waals surface area contributed by atoms with Crippen molar-refractivity contribution in [3.63, 3.8) is 0 Å². The van der Waals surface area contributed by atoms with Crippen LogP contribution in [0.15, 0.2) is 47.4 Å². The van der Waals surface area contributed by atoms with Crippen molar-refractivity contribution in [3.8, 4) is 5.75 Å². The second-order valence-electron chi connectivity index (χ2n) is 5.45. The van der Waals surface area contributed by atoms with Crippen LogP contribution in [0.1, 0.15) is 12.0 Å². The maximum Gasteiger partial charge on any atom is 0.307 e. The standard InChI is InChI=1S/C18H16ClNO4S/c1-23-13-4-2-3-11(7-13)10-24-17(21)9-16-18(22)20-14-8-12(19)5-6-15(14)25-16/h2-8,16H,9-10H2,1H3,(H,20,22). The zero-order valence-corrected chi connectivity index (χ0v) is 15.0. The van der Waals surface area contributed by atoms with Crippen molar-refractivity contribution in [2.45, 2.75) is 23.2 Å². The molecule has 2 aromatic carbocycles. The number of esters is 1. The van der Waals surface area contributed by atoms with E-state index < -0.39 is 11.2 Å². The highest BCUT2D eigenvalue weighted by atomic mass is 35.5. The Balaban J connectivity index is 1.57. The Kier molecular flexibility index (Phi) is 5.50. The number of hydrogen-bond acceptors (Lipinski definition) is 5. The molecule has 1 heterocycles. The molecular weight excluding hydrogens is 362 g/mol. The quantitative estimate of drug-likeness (QED) is 0.801. The van der Waals surface area contributed by atoms with Crippen LogP contribution in [-0.2, 0) is 20.9 Å². The van der Waals surface area contributed by atoms with Gasteiger partial charge in [0.2, 0.25) is 5.91 Å². The summed E-state index contributed by atoms with van der Waals surface area (Å²) >= 11 is 7.26.